The van der Waals surface area contributed by atoms with Crippen LogP contribution in [0.2, 0.25) is 0 Å². The summed E-state index contributed by atoms with van der Waals surface area (Å²) in [6.45, 7) is 0.913. The summed E-state index contributed by atoms with van der Waals surface area (Å²) in [7, 11) is 0. The quantitative estimate of drug-likeness (QED) is 0.769. The van der Waals surface area contributed by atoms with E-state index < -0.39 is 0 Å². The van der Waals surface area contributed by atoms with Crippen LogP contribution >= 0.6 is 0 Å². The molecule has 0 amide bonds. The number of rotatable bonds is 3. The number of carbonyl (C=O) groups is 1. The predicted molar refractivity (Wildman–Crippen MR) is 66.9 cm³/mol. The SMILES string of the molecule is O=C(OCc1ccccc1)C12CCC(CC1)OC2. The fourth-order valence-corrected chi connectivity index (χ4v) is 2.87. The minimum atomic E-state index is -0.358. The zero-order valence-corrected chi connectivity index (χ0v) is 10.4. The molecule has 0 radical (unpaired) electrons. The van der Waals surface area contributed by atoms with E-state index in [4.69, 9.17) is 9.47 Å². The van der Waals surface area contributed by atoms with Crippen LogP contribution in [0, 0.1) is 5.41 Å². The van der Waals surface area contributed by atoms with Gasteiger partial charge in [-0.15, -0.1) is 0 Å². The molecule has 1 aliphatic carbocycles. The van der Waals surface area contributed by atoms with Gasteiger partial charge in [0.05, 0.1) is 18.1 Å². The van der Waals surface area contributed by atoms with Crippen molar-refractivity contribution < 1.29 is 14.3 Å². The molecule has 96 valence electrons. The van der Waals surface area contributed by atoms with E-state index in [1.807, 2.05) is 30.3 Å². The smallest absolute Gasteiger partial charge is 0.314 e. The van der Waals surface area contributed by atoms with Gasteiger partial charge in [-0.1, -0.05) is 30.3 Å². The van der Waals surface area contributed by atoms with E-state index in [0.29, 0.717) is 19.3 Å². The number of ether oxygens (including phenoxy) is 2. The summed E-state index contributed by atoms with van der Waals surface area (Å²) in [4.78, 5) is 12.2. The molecule has 3 nitrogen and oxygen atoms in total. The molecule has 0 unspecified atom stereocenters. The largest absolute Gasteiger partial charge is 0.460 e. The highest BCUT2D eigenvalue weighted by Crippen LogP contribution is 2.44. The van der Waals surface area contributed by atoms with Crippen LogP contribution in [0.25, 0.3) is 0 Å². The average Bonchev–Trinajstić information content (AvgIpc) is 2.48. The number of hydrogen-bond donors (Lipinski definition) is 0. The summed E-state index contributed by atoms with van der Waals surface area (Å²) in [5, 5.41) is 0. The molecule has 4 rings (SSSR count). The number of esters is 1. The van der Waals surface area contributed by atoms with Crippen molar-refractivity contribution in [3.05, 3.63) is 35.9 Å². The Hall–Kier alpha value is -1.35. The van der Waals surface area contributed by atoms with Gasteiger partial charge < -0.3 is 9.47 Å². The highest BCUT2D eigenvalue weighted by atomic mass is 16.5. The lowest BCUT2D eigenvalue weighted by Crippen LogP contribution is -2.48. The normalized spacial score (nSPS) is 30.1. The van der Waals surface area contributed by atoms with Gasteiger partial charge in [-0.25, -0.2) is 0 Å². The highest BCUT2D eigenvalue weighted by Gasteiger charge is 2.48. The fourth-order valence-electron chi connectivity index (χ4n) is 2.87. The number of hydrogen-bond acceptors (Lipinski definition) is 3. The second kappa shape index (κ2) is 4.73. The van der Waals surface area contributed by atoms with Gasteiger partial charge in [0.15, 0.2) is 0 Å². The predicted octanol–water partition coefficient (Wildman–Crippen LogP) is 2.69. The first kappa shape index (κ1) is 11.7. The van der Waals surface area contributed by atoms with E-state index in [9.17, 15) is 4.79 Å². The fraction of sp³-hybridized carbons (Fsp3) is 0.533. The molecular weight excluding hydrogens is 228 g/mol. The molecule has 18 heavy (non-hydrogen) atoms. The first-order valence-electron chi connectivity index (χ1n) is 6.61. The molecule has 3 fully saturated rings. The van der Waals surface area contributed by atoms with E-state index in [1.165, 1.54) is 0 Å². The minimum absolute atomic E-state index is 0.0792. The molecule has 2 aliphatic heterocycles. The second-order valence-corrected chi connectivity index (χ2v) is 5.35. The van der Waals surface area contributed by atoms with E-state index in [1.54, 1.807) is 0 Å². The topological polar surface area (TPSA) is 35.5 Å². The van der Waals surface area contributed by atoms with Crippen molar-refractivity contribution in [2.45, 2.75) is 38.4 Å². The zero-order chi connectivity index (χ0) is 12.4. The molecule has 0 atom stereocenters. The van der Waals surface area contributed by atoms with Gasteiger partial charge in [0.2, 0.25) is 0 Å². The Balaban J connectivity index is 1.61. The lowest BCUT2D eigenvalue weighted by atomic mass is 9.71. The van der Waals surface area contributed by atoms with E-state index in [-0.39, 0.29) is 11.4 Å². The van der Waals surface area contributed by atoms with Gasteiger partial charge >= 0.3 is 5.97 Å². The molecular formula is C15H18O3. The Labute approximate surface area is 107 Å². The van der Waals surface area contributed by atoms with E-state index in [2.05, 4.69) is 0 Å². The summed E-state index contributed by atoms with van der Waals surface area (Å²) in [5.41, 5.74) is 0.677. The molecule has 2 bridgehead atoms. The summed E-state index contributed by atoms with van der Waals surface area (Å²) in [6, 6.07) is 9.81. The maximum atomic E-state index is 12.2. The van der Waals surface area contributed by atoms with Crippen LogP contribution in [0.1, 0.15) is 31.2 Å². The molecule has 0 spiro atoms. The summed E-state index contributed by atoms with van der Waals surface area (Å²) in [6.07, 6.45) is 4.23. The monoisotopic (exact) mass is 246 g/mol. The number of benzene rings is 1. The van der Waals surface area contributed by atoms with Gasteiger partial charge in [-0.05, 0) is 31.2 Å². The van der Waals surface area contributed by atoms with E-state index in [0.717, 1.165) is 31.2 Å². The van der Waals surface area contributed by atoms with Crippen LogP contribution in [-0.4, -0.2) is 18.7 Å². The van der Waals surface area contributed by atoms with Gasteiger partial charge in [-0.3, -0.25) is 4.79 Å². The molecule has 2 saturated heterocycles. The summed E-state index contributed by atoms with van der Waals surface area (Å²) in [5.74, 6) is -0.0792. The maximum absolute atomic E-state index is 12.2. The van der Waals surface area contributed by atoms with Gasteiger partial charge in [0.1, 0.15) is 6.61 Å². The Morgan fingerprint density at radius 2 is 2.00 bits per heavy atom. The van der Waals surface area contributed by atoms with Crippen molar-refractivity contribution in [2.24, 2.45) is 5.41 Å². The summed E-state index contributed by atoms with van der Waals surface area (Å²) < 4.78 is 11.1. The van der Waals surface area contributed by atoms with Crippen LogP contribution < -0.4 is 0 Å². The standard InChI is InChI=1S/C15H18O3/c16-14(17-10-12-4-2-1-3-5-12)15-8-6-13(7-9-15)18-11-15/h1-5,13H,6-11H2. The Morgan fingerprint density at radius 1 is 1.28 bits per heavy atom. The van der Waals surface area contributed by atoms with Gasteiger partial charge in [0.25, 0.3) is 0 Å². The molecule has 1 aromatic carbocycles. The Kier molecular flexibility index (Phi) is 3.08. The molecule has 0 N–H and O–H groups in total. The van der Waals surface area contributed by atoms with Crippen molar-refractivity contribution in [3.63, 3.8) is 0 Å². The van der Waals surface area contributed by atoms with Crippen molar-refractivity contribution in [1.29, 1.82) is 0 Å². The Bertz CT molecular complexity index is 405. The third kappa shape index (κ3) is 2.15. The van der Waals surface area contributed by atoms with Crippen LogP contribution in [0.4, 0.5) is 0 Å². The maximum Gasteiger partial charge on any atom is 0.314 e. The Morgan fingerprint density at radius 3 is 2.61 bits per heavy atom. The average molecular weight is 246 g/mol. The van der Waals surface area contributed by atoms with Crippen molar-refractivity contribution in [3.8, 4) is 0 Å². The lowest BCUT2D eigenvalue weighted by Gasteiger charge is -2.44. The van der Waals surface area contributed by atoms with Crippen molar-refractivity contribution >= 4 is 5.97 Å². The molecule has 2 heterocycles. The minimum Gasteiger partial charge on any atom is -0.460 e. The summed E-state index contributed by atoms with van der Waals surface area (Å²) >= 11 is 0. The third-order valence-electron chi connectivity index (χ3n) is 4.13. The second-order valence-electron chi connectivity index (χ2n) is 5.35. The van der Waals surface area contributed by atoms with Crippen LogP contribution in [0.15, 0.2) is 30.3 Å². The lowest BCUT2D eigenvalue weighted by molar-refractivity contribution is -0.181. The van der Waals surface area contributed by atoms with Crippen molar-refractivity contribution in [2.75, 3.05) is 6.61 Å². The third-order valence-corrected chi connectivity index (χ3v) is 4.13. The molecule has 3 aliphatic rings. The molecule has 0 aromatic heterocycles. The molecule has 1 saturated carbocycles. The van der Waals surface area contributed by atoms with Crippen molar-refractivity contribution in [1.82, 2.24) is 0 Å². The molecule has 1 aromatic rings. The van der Waals surface area contributed by atoms with E-state index >= 15 is 0 Å². The zero-order valence-electron chi connectivity index (χ0n) is 10.4. The van der Waals surface area contributed by atoms with Crippen LogP contribution in [0.5, 0.6) is 0 Å². The van der Waals surface area contributed by atoms with Gasteiger partial charge in [-0.2, -0.15) is 0 Å². The first-order chi connectivity index (χ1) is 8.78. The van der Waals surface area contributed by atoms with Gasteiger partial charge in [0, 0.05) is 0 Å². The van der Waals surface area contributed by atoms with Crippen LogP contribution in [-0.2, 0) is 20.9 Å². The number of fused-ring (bicyclic) bond motifs is 3. The highest BCUT2D eigenvalue weighted by molar-refractivity contribution is 5.77. The number of carbonyl (C=O) groups excluding carboxylic acids is 1. The molecule has 3 heteroatoms. The first-order valence-corrected chi connectivity index (χ1v) is 6.61. The van der Waals surface area contributed by atoms with Crippen LogP contribution in [0.3, 0.4) is 0 Å².